The summed E-state index contributed by atoms with van der Waals surface area (Å²) >= 11 is 0. The van der Waals surface area contributed by atoms with E-state index in [1.165, 1.54) is 19.1 Å². The predicted octanol–water partition coefficient (Wildman–Crippen LogP) is 1.26. The molecule has 0 bridgehead atoms. The number of anilines is 1. The Balaban J connectivity index is 2.78. The molecule has 0 aromatic heterocycles. The van der Waals surface area contributed by atoms with Gasteiger partial charge in [0.15, 0.2) is 6.10 Å². The summed E-state index contributed by atoms with van der Waals surface area (Å²) in [6.07, 6.45) is -1.02. The van der Waals surface area contributed by atoms with Crippen LogP contribution < -0.4 is 10.5 Å². The fourth-order valence-electron chi connectivity index (χ4n) is 0.836. The number of carboxylic acids is 1. The zero-order valence-corrected chi connectivity index (χ0v) is 7.53. The number of halogens is 1. The number of ether oxygens (including phenoxy) is 1. The summed E-state index contributed by atoms with van der Waals surface area (Å²) < 4.78 is 17.8. The fraction of sp³-hybridized carbons (Fsp3) is 0.222. The van der Waals surface area contributed by atoms with Gasteiger partial charge in [0.05, 0.1) is 5.69 Å². The van der Waals surface area contributed by atoms with Crippen LogP contribution in [-0.4, -0.2) is 17.2 Å². The molecule has 1 unspecified atom stereocenters. The number of nitrogen functional groups attached to an aromatic ring is 1. The van der Waals surface area contributed by atoms with Crippen LogP contribution in [0.2, 0.25) is 0 Å². The highest BCUT2D eigenvalue weighted by Crippen LogP contribution is 2.18. The maximum Gasteiger partial charge on any atom is 0.344 e. The van der Waals surface area contributed by atoms with Gasteiger partial charge in [-0.1, -0.05) is 0 Å². The lowest BCUT2D eigenvalue weighted by Crippen LogP contribution is -2.22. The minimum atomic E-state index is -1.11. The third kappa shape index (κ3) is 2.35. The van der Waals surface area contributed by atoms with Gasteiger partial charge in [0, 0.05) is 6.07 Å². The summed E-state index contributed by atoms with van der Waals surface area (Å²) in [4.78, 5) is 10.4. The summed E-state index contributed by atoms with van der Waals surface area (Å²) in [5.41, 5.74) is 5.23. The highest BCUT2D eigenvalue weighted by molar-refractivity contribution is 5.72. The molecule has 14 heavy (non-hydrogen) atoms. The number of aliphatic carboxylic acids is 1. The van der Waals surface area contributed by atoms with Crippen molar-refractivity contribution in [1.82, 2.24) is 0 Å². The number of hydrogen-bond donors (Lipinski definition) is 2. The molecular weight excluding hydrogens is 189 g/mol. The SMILES string of the molecule is CC(Oc1ccc(N)c(F)c1)C(=O)O. The Labute approximate surface area is 80.1 Å². The average molecular weight is 199 g/mol. The maximum atomic E-state index is 12.9. The third-order valence-corrected chi connectivity index (χ3v) is 1.63. The second-order valence-corrected chi connectivity index (χ2v) is 2.78. The summed E-state index contributed by atoms with van der Waals surface area (Å²) in [6, 6.07) is 3.78. The van der Waals surface area contributed by atoms with E-state index in [-0.39, 0.29) is 11.4 Å². The van der Waals surface area contributed by atoms with Gasteiger partial charge < -0.3 is 15.6 Å². The summed E-state index contributed by atoms with van der Waals surface area (Å²) in [5, 5.41) is 8.52. The molecule has 3 N–H and O–H groups in total. The van der Waals surface area contributed by atoms with Crippen LogP contribution in [0.3, 0.4) is 0 Å². The van der Waals surface area contributed by atoms with Crippen LogP contribution in [0.15, 0.2) is 18.2 Å². The van der Waals surface area contributed by atoms with Crippen LogP contribution in [0.1, 0.15) is 6.92 Å². The minimum Gasteiger partial charge on any atom is -0.479 e. The standard InChI is InChI=1S/C9H10FNO3/c1-5(9(12)13)14-6-2-3-8(11)7(10)4-6/h2-5H,11H2,1H3,(H,12,13). The van der Waals surface area contributed by atoms with E-state index in [9.17, 15) is 9.18 Å². The minimum absolute atomic E-state index is 0.000304. The number of hydrogen-bond acceptors (Lipinski definition) is 3. The Hall–Kier alpha value is -1.78. The molecule has 0 saturated heterocycles. The number of nitrogens with two attached hydrogens (primary N) is 1. The van der Waals surface area contributed by atoms with Crippen molar-refractivity contribution in [3.63, 3.8) is 0 Å². The molecular formula is C9H10FNO3. The largest absolute Gasteiger partial charge is 0.479 e. The lowest BCUT2D eigenvalue weighted by Gasteiger charge is -2.10. The van der Waals surface area contributed by atoms with Crippen LogP contribution in [0, 0.1) is 5.82 Å². The molecule has 0 saturated carbocycles. The average Bonchev–Trinajstić information content (AvgIpc) is 2.11. The zero-order valence-electron chi connectivity index (χ0n) is 7.53. The van der Waals surface area contributed by atoms with Gasteiger partial charge in [-0.3, -0.25) is 0 Å². The Kier molecular flexibility index (Phi) is 2.91. The molecule has 1 aromatic carbocycles. The molecule has 0 aliphatic rings. The number of carbonyl (C=O) groups is 1. The Morgan fingerprint density at radius 3 is 2.79 bits per heavy atom. The molecule has 0 fully saturated rings. The summed E-state index contributed by atoms with van der Waals surface area (Å²) in [6.45, 7) is 1.36. The normalized spacial score (nSPS) is 12.1. The first-order chi connectivity index (χ1) is 6.50. The number of benzene rings is 1. The van der Waals surface area contributed by atoms with Crippen molar-refractivity contribution in [2.45, 2.75) is 13.0 Å². The van der Waals surface area contributed by atoms with E-state index in [1.807, 2.05) is 0 Å². The predicted molar refractivity (Wildman–Crippen MR) is 48.5 cm³/mol. The highest BCUT2D eigenvalue weighted by atomic mass is 19.1. The van der Waals surface area contributed by atoms with Crippen LogP contribution in [0.25, 0.3) is 0 Å². The van der Waals surface area contributed by atoms with Crippen LogP contribution in [0.4, 0.5) is 10.1 Å². The van der Waals surface area contributed by atoms with Crippen molar-refractivity contribution >= 4 is 11.7 Å². The van der Waals surface area contributed by atoms with Gasteiger partial charge in [0.25, 0.3) is 0 Å². The quantitative estimate of drug-likeness (QED) is 0.719. The second-order valence-electron chi connectivity index (χ2n) is 2.78. The molecule has 5 heteroatoms. The first kappa shape index (κ1) is 10.3. The van der Waals surface area contributed by atoms with Crippen LogP contribution in [0.5, 0.6) is 5.75 Å². The number of carboxylic acid groups (broad SMARTS) is 1. The van der Waals surface area contributed by atoms with Crippen molar-refractivity contribution < 1.29 is 19.0 Å². The molecule has 0 heterocycles. The molecule has 1 aromatic rings. The summed E-state index contributed by atoms with van der Waals surface area (Å²) in [7, 11) is 0. The van der Waals surface area contributed by atoms with E-state index in [1.54, 1.807) is 0 Å². The van der Waals surface area contributed by atoms with E-state index in [4.69, 9.17) is 15.6 Å². The maximum absolute atomic E-state index is 12.9. The molecule has 0 aliphatic carbocycles. The molecule has 0 aliphatic heterocycles. The van der Waals surface area contributed by atoms with Gasteiger partial charge in [-0.2, -0.15) is 0 Å². The van der Waals surface area contributed by atoms with E-state index in [2.05, 4.69) is 0 Å². The van der Waals surface area contributed by atoms with Crippen molar-refractivity contribution in [3.8, 4) is 5.75 Å². The van der Waals surface area contributed by atoms with Gasteiger partial charge in [0.1, 0.15) is 11.6 Å². The fourth-order valence-corrected chi connectivity index (χ4v) is 0.836. The molecule has 1 atom stereocenters. The van der Waals surface area contributed by atoms with Crippen molar-refractivity contribution in [3.05, 3.63) is 24.0 Å². The van der Waals surface area contributed by atoms with E-state index in [0.29, 0.717) is 0 Å². The number of rotatable bonds is 3. The third-order valence-electron chi connectivity index (χ3n) is 1.63. The van der Waals surface area contributed by atoms with Crippen molar-refractivity contribution in [2.75, 3.05) is 5.73 Å². The topological polar surface area (TPSA) is 72.5 Å². The molecule has 0 radical (unpaired) electrons. The molecule has 1 rings (SSSR count). The van der Waals surface area contributed by atoms with Gasteiger partial charge in [-0.25, -0.2) is 9.18 Å². The Morgan fingerprint density at radius 2 is 2.29 bits per heavy atom. The monoisotopic (exact) mass is 199 g/mol. The molecule has 0 spiro atoms. The Morgan fingerprint density at radius 1 is 1.64 bits per heavy atom. The smallest absolute Gasteiger partial charge is 0.344 e. The van der Waals surface area contributed by atoms with Crippen molar-refractivity contribution in [2.24, 2.45) is 0 Å². The second kappa shape index (κ2) is 3.95. The van der Waals surface area contributed by atoms with E-state index < -0.39 is 17.9 Å². The van der Waals surface area contributed by atoms with Crippen LogP contribution >= 0.6 is 0 Å². The first-order valence-electron chi connectivity index (χ1n) is 3.95. The van der Waals surface area contributed by atoms with Crippen LogP contribution in [-0.2, 0) is 4.79 Å². The lowest BCUT2D eigenvalue weighted by molar-refractivity contribution is -0.144. The van der Waals surface area contributed by atoms with Gasteiger partial charge in [0.2, 0.25) is 0 Å². The molecule has 76 valence electrons. The Bertz CT molecular complexity index is 354. The molecule has 0 amide bonds. The van der Waals surface area contributed by atoms with Crippen molar-refractivity contribution in [1.29, 1.82) is 0 Å². The zero-order chi connectivity index (χ0) is 10.7. The van der Waals surface area contributed by atoms with E-state index in [0.717, 1.165) is 6.07 Å². The van der Waals surface area contributed by atoms with E-state index >= 15 is 0 Å². The summed E-state index contributed by atoms with van der Waals surface area (Å²) in [5.74, 6) is -1.59. The van der Waals surface area contributed by atoms with Gasteiger partial charge in [-0.15, -0.1) is 0 Å². The van der Waals surface area contributed by atoms with Gasteiger partial charge in [-0.05, 0) is 19.1 Å². The van der Waals surface area contributed by atoms with Gasteiger partial charge >= 0.3 is 5.97 Å². The highest BCUT2D eigenvalue weighted by Gasteiger charge is 2.12. The molecule has 4 nitrogen and oxygen atoms in total. The lowest BCUT2D eigenvalue weighted by atomic mass is 10.3. The first-order valence-corrected chi connectivity index (χ1v) is 3.95.